The first kappa shape index (κ1) is 25.6. The van der Waals surface area contributed by atoms with E-state index in [-0.39, 0.29) is 18.8 Å². The van der Waals surface area contributed by atoms with E-state index in [9.17, 15) is 14.0 Å². The Bertz CT molecular complexity index is 1300. The molecular formula is C31H28FNO4. The summed E-state index contributed by atoms with van der Waals surface area (Å²) in [4.78, 5) is 26.5. The molecule has 37 heavy (non-hydrogen) atoms. The van der Waals surface area contributed by atoms with Crippen molar-refractivity contribution in [1.82, 2.24) is 5.32 Å². The van der Waals surface area contributed by atoms with Gasteiger partial charge in [-0.1, -0.05) is 103 Å². The van der Waals surface area contributed by atoms with Crippen molar-refractivity contribution in [3.8, 4) is 0 Å². The Labute approximate surface area is 215 Å². The van der Waals surface area contributed by atoms with Crippen molar-refractivity contribution in [2.45, 2.75) is 31.6 Å². The number of alkyl carbamates (subject to hydrolysis) is 1. The Morgan fingerprint density at radius 3 is 1.97 bits per heavy atom. The van der Waals surface area contributed by atoms with E-state index in [4.69, 9.17) is 9.47 Å². The lowest BCUT2D eigenvalue weighted by Crippen LogP contribution is -2.41. The van der Waals surface area contributed by atoms with E-state index >= 15 is 0 Å². The Balaban J connectivity index is 1.56. The molecular weight excluding hydrogens is 469 g/mol. The molecule has 5 nitrogen and oxygen atoms in total. The number of rotatable bonds is 9. The van der Waals surface area contributed by atoms with Crippen molar-refractivity contribution in [3.63, 3.8) is 0 Å². The van der Waals surface area contributed by atoms with Gasteiger partial charge in [0.1, 0.15) is 12.4 Å². The number of halogens is 1. The van der Waals surface area contributed by atoms with Crippen LogP contribution in [0.4, 0.5) is 9.18 Å². The summed E-state index contributed by atoms with van der Waals surface area (Å²) in [5.74, 6) is -0.893. The third-order valence-electron chi connectivity index (χ3n) is 6.12. The summed E-state index contributed by atoms with van der Waals surface area (Å²) in [5.41, 5.74) is 1.83. The highest BCUT2D eigenvalue weighted by Gasteiger charge is 2.39. The lowest BCUT2D eigenvalue weighted by Gasteiger charge is -2.31. The van der Waals surface area contributed by atoms with Gasteiger partial charge in [-0.15, -0.1) is 0 Å². The van der Waals surface area contributed by atoms with Gasteiger partial charge in [0.15, 0.2) is 0 Å². The maximum atomic E-state index is 13.8. The van der Waals surface area contributed by atoms with E-state index in [0.29, 0.717) is 5.56 Å². The van der Waals surface area contributed by atoms with E-state index in [2.05, 4.69) is 5.32 Å². The van der Waals surface area contributed by atoms with E-state index in [0.717, 1.165) is 16.7 Å². The van der Waals surface area contributed by atoms with Crippen molar-refractivity contribution >= 4 is 12.1 Å². The van der Waals surface area contributed by atoms with Crippen LogP contribution in [0.15, 0.2) is 115 Å². The molecule has 0 aliphatic carbocycles. The van der Waals surface area contributed by atoms with Crippen LogP contribution in [0.25, 0.3) is 0 Å². The van der Waals surface area contributed by atoms with E-state index < -0.39 is 23.7 Å². The first-order valence-electron chi connectivity index (χ1n) is 12.0. The van der Waals surface area contributed by atoms with Gasteiger partial charge in [0, 0.05) is 5.56 Å². The summed E-state index contributed by atoms with van der Waals surface area (Å²) in [6.45, 7) is 1.86. The van der Waals surface area contributed by atoms with Crippen LogP contribution in [-0.2, 0) is 32.7 Å². The molecule has 1 amide bonds. The van der Waals surface area contributed by atoms with Crippen LogP contribution in [0, 0.1) is 5.82 Å². The van der Waals surface area contributed by atoms with E-state index in [1.807, 2.05) is 66.7 Å². The number of hydrogen-bond acceptors (Lipinski definition) is 4. The van der Waals surface area contributed by atoms with E-state index in [1.54, 1.807) is 43.3 Å². The first-order chi connectivity index (χ1) is 17.9. The van der Waals surface area contributed by atoms with Crippen LogP contribution < -0.4 is 5.32 Å². The van der Waals surface area contributed by atoms with Crippen molar-refractivity contribution in [3.05, 3.63) is 143 Å². The summed E-state index contributed by atoms with van der Waals surface area (Å²) in [5, 5.41) is 2.68. The van der Waals surface area contributed by atoms with Gasteiger partial charge in [-0.05, 0) is 42.2 Å². The monoisotopic (exact) mass is 497 g/mol. The molecule has 0 spiro atoms. The van der Waals surface area contributed by atoms with Gasteiger partial charge in [-0.25, -0.2) is 9.18 Å². The summed E-state index contributed by atoms with van der Waals surface area (Å²) in [6.07, 6.45) is -1.52. The normalized spacial score (nSPS) is 13.1. The smallest absolute Gasteiger partial charge is 0.410 e. The highest BCUT2D eigenvalue weighted by molar-refractivity contribution is 5.83. The molecule has 4 aromatic carbocycles. The molecule has 4 rings (SSSR count). The summed E-state index contributed by atoms with van der Waals surface area (Å²) in [6, 6.07) is 33.5. The minimum atomic E-state index is -1.11. The van der Waals surface area contributed by atoms with Crippen LogP contribution in [-0.4, -0.2) is 12.1 Å². The summed E-state index contributed by atoms with van der Waals surface area (Å²) < 4.78 is 24.8. The predicted molar refractivity (Wildman–Crippen MR) is 139 cm³/mol. The number of ether oxygens (including phenoxy) is 2. The Kier molecular flexibility index (Phi) is 8.31. The number of hydrogen-bond donors (Lipinski definition) is 1. The highest BCUT2D eigenvalue weighted by atomic mass is 19.1. The molecule has 6 heteroatoms. The number of benzene rings is 4. The molecule has 0 radical (unpaired) electrons. The van der Waals surface area contributed by atoms with Crippen LogP contribution in [0.3, 0.4) is 0 Å². The lowest BCUT2D eigenvalue weighted by atomic mass is 9.77. The Hall–Kier alpha value is -4.45. The van der Waals surface area contributed by atoms with Crippen molar-refractivity contribution in [2.75, 3.05) is 0 Å². The molecule has 0 fully saturated rings. The third kappa shape index (κ3) is 6.82. The average Bonchev–Trinajstić information content (AvgIpc) is 2.94. The second-order valence-corrected chi connectivity index (χ2v) is 8.90. The predicted octanol–water partition coefficient (Wildman–Crippen LogP) is 6.49. The molecule has 0 aliphatic rings. The van der Waals surface area contributed by atoms with Gasteiger partial charge in [0.05, 0.1) is 5.41 Å². The zero-order valence-corrected chi connectivity index (χ0v) is 20.5. The largest absolute Gasteiger partial charge is 0.445 e. The minimum absolute atomic E-state index is 0.0778. The molecule has 0 aromatic heterocycles. The number of carbonyl (C=O) groups is 2. The quantitative estimate of drug-likeness (QED) is 0.212. The standard InChI is InChI=1S/C31H28FNO4/c1-31(26-15-9-4-10-16-26,21-23-17-19-27(32)20-18-23)29(34)37-28(25-13-7-3-8-14-25)33-30(35)36-22-24-11-5-2-6-12-24/h2-20,28H,21-22H2,1H3,(H,33,35). The minimum Gasteiger partial charge on any atom is -0.445 e. The second-order valence-electron chi connectivity index (χ2n) is 8.90. The molecule has 188 valence electrons. The van der Waals surface area contributed by atoms with Gasteiger partial charge in [-0.3, -0.25) is 10.1 Å². The van der Waals surface area contributed by atoms with Crippen LogP contribution >= 0.6 is 0 Å². The zero-order valence-electron chi connectivity index (χ0n) is 20.5. The molecule has 0 saturated carbocycles. The third-order valence-corrected chi connectivity index (χ3v) is 6.12. The summed E-state index contributed by atoms with van der Waals surface area (Å²) in [7, 11) is 0. The molecule has 4 aromatic rings. The SMILES string of the molecule is CC(Cc1ccc(F)cc1)(C(=O)OC(NC(=O)OCc1ccccc1)c1ccccc1)c1ccccc1. The van der Waals surface area contributed by atoms with Gasteiger partial charge in [0.2, 0.25) is 6.23 Å². The van der Waals surface area contributed by atoms with Gasteiger partial charge < -0.3 is 9.47 Å². The van der Waals surface area contributed by atoms with Crippen molar-refractivity contribution < 1.29 is 23.5 Å². The van der Waals surface area contributed by atoms with Gasteiger partial charge in [0.25, 0.3) is 0 Å². The van der Waals surface area contributed by atoms with Gasteiger partial charge in [-0.2, -0.15) is 0 Å². The molecule has 0 saturated heterocycles. The summed E-state index contributed by atoms with van der Waals surface area (Å²) >= 11 is 0. The Morgan fingerprint density at radius 2 is 1.35 bits per heavy atom. The molecule has 2 atom stereocenters. The lowest BCUT2D eigenvalue weighted by molar-refractivity contribution is -0.157. The zero-order chi connectivity index (χ0) is 26.1. The van der Waals surface area contributed by atoms with Gasteiger partial charge >= 0.3 is 12.1 Å². The second kappa shape index (κ2) is 12.0. The molecule has 0 aliphatic heterocycles. The maximum Gasteiger partial charge on any atom is 0.410 e. The van der Waals surface area contributed by atoms with Crippen LogP contribution in [0.1, 0.15) is 35.4 Å². The fourth-order valence-corrected chi connectivity index (χ4v) is 4.03. The highest BCUT2D eigenvalue weighted by Crippen LogP contribution is 2.32. The molecule has 0 bridgehead atoms. The van der Waals surface area contributed by atoms with E-state index in [1.165, 1.54) is 12.1 Å². The fourth-order valence-electron chi connectivity index (χ4n) is 4.03. The topological polar surface area (TPSA) is 64.6 Å². The number of esters is 1. The maximum absolute atomic E-state index is 13.8. The molecule has 1 N–H and O–H groups in total. The number of carbonyl (C=O) groups excluding carboxylic acids is 2. The van der Waals surface area contributed by atoms with Crippen molar-refractivity contribution in [2.24, 2.45) is 0 Å². The fraction of sp³-hybridized carbons (Fsp3) is 0.161. The number of amides is 1. The first-order valence-corrected chi connectivity index (χ1v) is 12.0. The number of nitrogens with one attached hydrogen (secondary N) is 1. The molecule has 0 heterocycles. The molecule has 2 unspecified atom stereocenters. The van der Waals surface area contributed by atoms with Crippen LogP contribution in [0.2, 0.25) is 0 Å². The average molecular weight is 498 g/mol. The Morgan fingerprint density at radius 1 is 0.784 bits per heavy atom. The van der Waals surface area contributed by atoms with Crippen LogP contribution in [0.5, 0.6) is 0 Å². The van der Waals surface area contributed by atoms with Crippen molar-refractivity contribution in [1.29, 1.82) is 0 Å².